The van der Waals surface area contributed by atoms with E-state index in [4.69, 9.17) is 14.4 Å². The first kappa shape index (κ1) is 23.4. The molecular formula is C26H29N5O3S. The van der Waals surface area contributed by atoms with Crippen LogP contribution in [0.15, 0.2) is 58.1 Å². The number of furan rings is 1. The highest BCUT2D eigenvalue weighted by molar-refractivity contribution is 7.98. The number of nitrogens with zero attached hydrogens (tertiary/aromatic N) is 5. The van der Waals surface area contributed by atoms with Gasteiger partial charge < -0.3 is 19.1 Å². The summed E-state index contributed by atoms with van der Waals surface area (Å²) >= 11 is 1.49. The minimum absolute atomic E-state index is 0.0342. The zero-order chi connectivity index (χ0) is 24.2. The molecule has 2 amide bonds. The van der Waals surface area contributed by atoms with Gasteiger partial charge in [0.25, 0.3) is 5.91 Å². The number of rotatable bonds is 6. The Bertz CT molecular complexity index is 1180. The summed E-state index contributed by atoms with van der Waals surface area (Å²) in [7, 11) is 0. The molecule has 0 unspecified atom stereocenters. The van der Waals surface area contributed by atoms with E-state index >= 15 is 0 Å². The predicted octanol–water partition coefficient (Wildman–Crippen LogP) is 3.93. The van der Waals surface area contributed by atoms with E-state index in [2.05, 4.69) is 4.90 Å². The Morgan fingerprint density at radius 1 is 0.914 bits per heavy atom. The van der Waals surface area contributed by atoms with Crippen LogP contribution in [0, 0.1) is 0 Å². The summed E-state index contributed by atoms with van der Waals surface area (Å²) in [6.07, 6.45) is 2.10. The quantitative estimate of drug-likeness (QED) is 0.382. The Kier molecular flexibility index (Phi) is 7.03. The number of hydrogen-bond donors (Lipinski definition) is 0. The molecule has 1 aromatic carbocycles. The van der Waals surface area contributed by atoms with Crippen molar-refractivity contribution >= 4 is 29.4 Å². The number of piperazine rings is 1. The average molecular weight is 492 g/mol. The molecule has 0 spiro atoms. The first-order valence-corrected chi connectivity index (χ1v) is 13.0. The van der Waals surface area contributed by atoms with Crippen molar-refractivity contribution in [1.82, 2.24) is 19.8 Å². The molecule has 0 atom stereocenters. The summed E-state index contributed by atoms with van der Waals surface area (Å²) in [5.74, 6) is 2.58. The molecule has 0 bridgehead atoms. The second-order valence-electron chi connectivity index (χ2n) is 8.81. The second-order valence-corrected chi connectivity index (χ2v) is 9.75. The summed E-state index contributed by atoms with van der Waals surface area (Å²) in [5.41, 5.74) is 1.88. The maximum absolute atomic E-state index is 12.6. The van der Waals surface area contributed by atoms with Crippen molar-refractivity contribution in [2.45, 2.75) is 30.7 Å². The number of carbonyl (C=O) groups is 2. The molecule has 2 aliphatic rings. The van der Waals surface area contributed by atoms with Gasteiger partial charge in [0.2, 0.25) is 5.91 Å². The highest BCUT2D eigenvalue weighted by Gasteiger charge is 2.23. The van der Waals surface area contributed by atoms with Crippen LogP contribution in [0.2, 0.25) is 0 Å². The van der Waals surface area contributed by atoms with Gasteiger partial charge in [-0.25, -0.2) is 9.97 Å². The Labute approximate surface area is 209 Å². The number of benzene rings is 1. The highest BCUT2D eigenvalue weighted by atomic mass is 32.2. The molecular weight excluding hydrogens is 462 g/mol. The van der Waals surface area contributed by atoms with Gasteiger partial charge in [0, 0.05) is 57.8 Å². The molecule has 9 heteroatoms. The van der Waals surface area contributed by atoms with E-state index in [1.807, 2.05) is 52.3 Å². The van der Waals surface area contributed by atoms with Crippen LogP contribution in [0.1, 0.15) is 36.1 Å². The third-order valence-electron chi connectivity index (χ3n) is 6.42. The predicted molar refractivity (Wildman–Crippen MR) is 135 cm³/mol. The Hall–Kier alpha value is -3.33. The van der Waals surface area contributed by atoms with Crippen LogP contribution >= 0.6 is 11.8 Å². The molecule has 35 heavy (non-hydrogen) atoms. The van der Waals surface area contributed by atoms with Crippen molar-refractivity contribution in [3.05, 3.63) is 60.1 Å². The monoisotopic (exact) mass is 491 g/mol. The van der Waals surface area contributed by atoms with Gasteiger partial charge >= 0.3 is 0 Å². The largest absolute Gasteiger partial charge is 0.455 e. The molecule has 0 radical (unpaired) electrons. The average Bonchev–Trinajstić information content (AvgIpc) is 3.60. The molecule has 0 aliphatic carbocycles. The molecule has 0 saturated carbocycles. The molecule has 5 rings (SSSR count). The van der Waals surface area contributed by atoms with Crippen LogP contribution in [0.25, 0.3) is 11.3 Å². The van der Waals surface area contributed by atoms with Gasteiger partial charge in [-0.15, -0.1) is 0 Å². The number of carbonyl (C=O) groups excluding carboxylic acids is 2. The normalized spacial score (nSPS) is 16.1. The Morgan fingerprint density at radius 2 is 1.66 bits per heavy atom. The number of hydrogen-bond acceptors (Lipinski definition) is 7. The lowest BCUT2D eigenvalue weighted by Gasteiger charge is -2.35. The fourth-order valence-electron chi connectivity index (χ4n) is 4.43. The maximum atomic E-state index is 12.6. The first-order valence-electron chi connectivity index (χ1n) is 12.0. The van der Waals surface area contributed by atoms with Gasteiger partial charge in [0.05, 0.1) is 11.4 Å². The second kappa shape index (κ2) is 10.5. The van der Waals surface area contributed by atoms with E-state index in [0.29, 0.717) is 29.8 Å². The van der Waals surface area contributed by atoms with Gasteiger partial charge in [-0.3, -0.25) is 9.59 Å². The van der Waals surface area contributed by atoms with E-state index < -0.39 is 0 Å². The summed E-state index contributed by atoms with van der Waals surface area (Å²) in [6, 6.07) is 15.7. The van der Waals surface area contributed by atoms with Crippen LogP contribution in [0.3, 0.4) is 0 Å². The molecule has 2 aliphatic heterocycles. The molecule has 4 heterocycles. The van der Waals surface area contributed by atoms with Gasteiger partial charge in [0.15, 0.2) is 10.9 Å². The van der Waals surface area contributed by atoms with E-state index in [1.54, 1.807) is 13.0 Å². The number of anilines is 1. The lowest BCUT2D eigenvalue weighted by Crippen LogP contribution is -2.48. The number of thioether (sulfide) groups is 1. The van der Waals surface area contributed by atoms with Crippen molar-refractivity contribution in [2.75, 3.05) is 44.2 Å². The molecule has 2 aromatic heterocycles. The molecule has 2 fully saturated rings. The van der Waals surface area contributed by atoms with E-state index in [1.165, 1.54) is 11.8 Å². The highest BCUT2D eigenvalue weighted by Crippen LogP contribution is 2.28. The van der Waals surface area contributed by atoms with Crippen LogP contribution < -0.4 is 4.90 Å². The summed E-state index contributed by atoms with van der Waals surface area (Å²) < 4.78 is 5.86. The van der Waals surface area contributed by atoms with Crippen LogP contribution in [0.4, 0.5) is 5.82 Å². The third-order valence-corrected chi connectivity index (χ3v) is 7.29. The Balaban J connectivity index is 1.33. The smallest absolute Gasteiger partial charge is 0.289 e. The van der Waals surface area contributed by atoms with Crippen LogP contribution in [0.5, 0.6) is 0 Å². The molecule has 0 N–H and O–H groups in total. The lowest BCUT2D eigenvalue weighted by atomic mass is 10.1. The SMILES string of the molecule is CC(=O)N1CCN(c2cc(-c3ccccc3)nc(SCc3ccc(C(=O)N4CCCC4)o3)n2)CC1. The zero-order valence-corrected chi connectivity index (χ0v) is 20.7. The molecule has 2 saturated heterocycles. The van der Waals surface area contributed by atoms with E-state index in [0.717, 1.165) is 61.9 Å². The number of likely N-dealkylation sites (tertiary alicyclic amines) is 1. The molecule has 3 aromatic rings. The van der Waals surface area contributed by atoms with Gasteiger partial charge in [-0.05, 0) is 25.0 Å². The Morgan fingerprint density at radius 3 is 2.37 bits per heavy atom. The van der Waals surface area contributed by atoms with Crippen molar-refractivity contribution in [1.29, 1.82) is 0 Å². The fraction of sp³-hybridized carbons (Fsp3) is 0.385. The van der Waals surface area contributed by atoms with Crippen LogP contribution in [-0.4, -0.2) is 70.9 Å². The van der Waals surface area contributed by atoms with Crippen molar-refractivity contribution in [3.8, 4) is 11.3 Å². The van der Waals surface area contributed by atoms with Gasteiger partial charge in [-0.1, -0.05) is 42.1 Å². The standard InChI is InChI=1S/C26H29N5O3S/c1-19(32)29-13-15-30(16-14-29)24-17-22(20-7-3-2-4-8-20)27-26(28-24)35-18-21-9-10-23(34-21)25(33)31-11-5-6-12-31/h2-4,7-10,17H,5-6,11-16,18H2,1H3. The third kappa shape index (κ3) is 5.51. The summed E-state index contributed by atoms with van der Waals surface area (Å²) in [4.78, 5) is 39.9. The first-order chi connectivity index (χ1) is 17.1. The fourth-order valence-corrected chi connectivity index (χ4v) is 5.18. The topological polar surface area (TPSA) is 82.8 Å². The summed E-state index contributed by atoms with van der Waals surface area (Å²) in [5, 5.41) is 0.652. The van der Waals surface area contributed by atoms with Gasteiger partial charge in [0.1, 0.15) is 11.6 Å². The van der Waals surface area contributed by atoms with Crippen molar-refractivity contribution < 1.29 is 14.0 Å². The number of aromatic nitrogens is 2. The zero-order valence-electron chi connectivity index (χ0n) is 19.9. The van der Waals surface area contributed by atoms with Crippen molar-refractivity contribution in [3.63, 3.8) is 0 Å². The van der Waals surface area contributed by atoms with E-state index in [-0.39, 0.29) is 11.8 Å². The van der Waals surface area contributed by atoms with E-state index in [9.17, 15) is 9.59 Å². The molecule has 182 valence electrons. The minimum atomic E-state index is -0.0342. The summed E-state index contributed by atoms with van der Waals surface area (Å²) in [6.45, 7) is 6.04. The maximum Gasteiger partial charge on any atom is 0.289 e. The van der Waals surface area contributed by atoms with Crippen LogP contribution in [-0.2, 0) is 10.5 Å². The number of amides is 2. The lowest BCUT2D eigenvalue weighted by molar-refractivity contribution is -0.129. The van der Waals surface area contributed by atoms with Crippen molar-refractivity contribution in [2.24, 2.45) is 0 Å². The minimum Gasteiger partial charge on any atom is -0.455 e. The van der Waals surface area contributed by atoms with Gasteiger partial charge in [-0.2, -0.15) is 0 Å². The molecule has 8 nitrogen and oxygen atoms in total.